The van der Waals surface area contributed by atoms with Crippen LogP contribution in [-0.2, 0) is 11.3 Å². The van der Waals surface area contributed by atoms with E-state index in [9.17, 15) is 4.79 Å². The highest BCUT2D eigenvalue weighted by molar-refractivity contribution is 9.10. The zero-order chi connectivity index (χ0) is 27.6. The predicted molar refractivity (Wildman–Crippen MR) is 166 cm³/mol. The summed E-state index contributed by atoms with van der Waals surface area (Å²) in [6.07, 6.45) is 2.00. The zero-order valence-electron chi connectivity index (χ0n) is 23.5. The third-order valence-electron chi connectivity index (χ3n) is 8.41. The largest absolute Gasteiger partial charge is 0.368 e. The fourth-order valence-corrected chi connectivity index (χ4v) is 6.76. The third kappa shape index (κ3) is 5.54. The Labute approximate surface area is 245 Å². The number of carbonyl (C=O) groups excluding carboxylic acids is 1. The molecule has 0 unspecified atom stereocenters. The van der Waals surface area contributed by atoms with Gasteiger partial charge in [0.1, 0.15) is 5.82 Å². The molecule has 7 heteroatoms. The number of benzene rings is 3. The summed E-state index contributed by atoms with van der Waals surface area (Å²) in [5.74, 6) is 1.87. The van der Waals surface area contributed by atoms with Crippen molar-refractivity contribution in [3.63, 3.8) is 0 Å². The summed E-state index contributed by atoms with van der Waals surface area (Å²) in [7, 11) is 0. The number of carbonyl (C=O) groups is 1. The van der Waals surface area contributed by atoms with E-state index in [-0.39, 0.29) is 5.92 Å². The fourth-order valence-electron chi connectivity index (χ4n) is 6.38. The van der Waals surface area contributed by atoms with Crippen LogP contribution < -0.4 is 4.90 Å². The van der Waals surface area contributed by atoms with Crippen molar-refractivity contribution in [2.75, 3.05) is 44.2 Å². The number of piperazine rings is 1. The Bertz CT molecular complexity index is 1490. The van der Waals surface area contributed by atoms with E-state index in [1.54, 1.807) is 0 Å². The molecule has 0 saturated carbocycles. The van der Waals surface area contributed by atoms with Gasteiger partial charge in [0.25, 0.3) is 0 Å². The van der Waals surface area contributed by atoms with Gasteiger partial charge in [0.05, 0.1) is 23.5 Å². The van der Waals surface area contributed by atoms with Gasteiger partial charge in [-0.1, -0.05) is 66.2 Å². The van der Waals surface area contributed by atoms with E-state index < -0.39 is 0 Å². The van der Waals surface area contributed by atoms with Crippen LogP contribution in [0, 0.1) is 5.92 Å². The molecule has 0 N–H and O–H groups in total. The number of rotatable bonds is 6. The summed E-state index contributed by atoms with van der Waals surface area (Å²) in [5.41, 5.74) is 5.91. The molecule has 0 aliphatic carbocycles. The number of hydrogen-bond donors (Lipinski definition) is 0. The highest BCUT2D eigenvalue weighted by Crippen LogP contribution is 2.30. The van der Waals surface area contributed by atoms with Crippen LogP contribution in [0.5, 0.6) is 0 Å². The number of nitrogens with zero attached hydrogens (tertiary/aromatic N) is 5. The quantitative estimate of drug-likeness (QED) is 0.255. The standard InChI is InChI=1S/C33H38BrN5O/c1-24(2)28-12-3-5-14-30(28)37-17-19-38(20-18-37)33(40)25-9-8-16-36(22-25)23-32-35-29-13-4-6-15-31(29)39(32)27-11-7-10-26(34)21-27/h3-7,10-15,21,24-25H,8-9,16-20,22-23H2,1-2H3/t25-/m1/s1. The van der Waals surface area contributed by atoms with Crippen LogP contribution in [0.4, 0.5) is 5.69 Å². The van der Waals surface area contributed by atoms with Gasteiger partial charge < -0.3 is 9.80 Å². The van der Waals surface area contributed by atoms with Crippen molar-refractivity contribution in [1.29, 1.82) is 0 Å². The van der Waals surface area contributed by atoms with Gasteiger partial charge in [-0.15, -0.1) is 0 Å². The Hall–Kier alpha value is -3.16. The summed E-state index contributed by atoms with van der Waals surface area (Å²) in [6, 6.07) is 25.4. The molecule has 1 aromatic heterocycles. The average molecular weight is 601 g/mol. The summed E-state index contributed by atoms with van der Waals surface area (Å²) in [5, 5.41) is 0. The molecule has 2 saturated heterocycles. The van der Waals surface area contributed by atoms with Crippen molar-refractivity contribution >= 4 is 38.6 Å². The second kappa shape index (κ2) is 11.8. The van der Waals surface area contributed by atoms with Crippen molar-refractivity contribution in [3.05, 3.63) is 88.7 Å². The smallest absolute Gasteiger partial charge is 0.227 e. The van der Waals surface area contributed by atoms with Crippen LogP contribution in [0.2, 0.25) is 0 Å². The van der Waals surface area contributed by atoms with E-state index >= 15 is 0 Å². The Morgan fingerprint density at radius 2 is 1.73 bits per heavy atom. The summed E-state index contributed by atoms with van der Waals surface area (Å²) < 4.78 is 3.31. The van der Waals surface area contributed by atoms with Gasteiger partial charge in [-0.3, -0.25) is 14.3 Å². The highest BCUT2D eigenvalue weighted by Gasteiger charge is 2.32. The molecular weight excluding hydrogens is 562 g/mol. The molecule has 6 nitrogen and oxygen atoms in total. The van der Waals surface area contributed by atoms with E-state index in [0.717, 1.165) is 85.7 Å². The van der Waals surface area contributed by atoms with Crippen molar-refractivity contribution in [2.45, 2.75) is 39.2 Å². The van der Waals surface area contributed by atoms with E-state index in [0.29, 0.717) is 11.8 Å². The van der Waals surface area contributed by atoms with Crippen LogP contribution in [-0.4, -0.2) is 64.5 Å². The number of halogens is 1. The molecule has 3 heterocycles. The zero-order valence-corrected chi connectivity index (χ0v) is 25.1. The van der Waals surface area contributed by atoms with Gasteiger partial charge in [-0.25, -0.2) is 4.98 Å². The number of piperidine rings is 1. The number of anilines is 1. The lowest BCUT2D eigenvalue weighted by Crippen LogP contribution is -2.52. The lowest BCUT2D eigenvalue weighted by Gasteiger charge is -2.40. The SMILES string of the molecule is CC(C)c1ccccc1N1CCN(C(=O)[C@@H]2CCCN(Cc3nc4ccccc4n3-c3cccc(Br)c3)C2)CC1. The summed E-state index contributed by atoms with van der Waals surface area (Å²) >= 11 is 3.63. The minimum Gasteiger partial charge on any atom is -0.368 e. The Balaban J connectivity index is 1.14. The van der Waals surface area contributed by atoms with Crippen molar-refractivity contribution in [3.8, 4) is 5.69 Å². The average Bonchev–Trinajstić information content (AvgIpc) is 3.34. The Morgan fingerprint density at radius 1 is 0.950 bits per heavy atom. The maximum atomic E-state index is 13.7. The molecule has 2 aliphatic rings. The number of imidazole rings is 1. The molecule has 0 spiro atoms. The molecule has 0 bridgehead atoms. The van der Waals surface area contributed by atoms with Gasteiger partial charge in [-0.05, 0) is 67.3 Å². The first kappa shape index (κ1) is 27.0. The number of likely N-dealkylation sites (tertiary alicyclic amines) is 1. The van der Waals surface area contributed by atoms with Gasteiger partial charge in [0.15, 0.2) is 0 Å². The van der Waals surface area contributed by atoms with Gasteiger partial charge >= 0.3 is 0 Å². The fraction of sp³-hybridized carbons (Fsp3) is 0.394. The van der Waals surface area contributed by atoms with Gasteiger partial charge in [0.2, 0.25) is 5.91 Å². The maximum absolute atomic E-state index is 13.7. The van der Waals surface area contributed by atoms with Crippen molar-refractivity contribution in [2.24, 2.45) is 5.92 Å². The normalized spacial score (nSPS) is 18.6. The first-order valence-corrected chi connectivity index (χ1v) is 15.3. The topological polar surface area (TPSA) is 44.6 Å². The van der Waals surface area contributed by atoms with Crippen LogP contribution in [0.25, 0.3) is 16.7 Å². The van der Waals surface area contributed by atoms with E-state index in [2.05, 4.69) is 110 Å². The van der Waals surface area contributed by atoms with E-state index in [1.165, 1.54) is 11.3 Å². The molecule has 0 radical (unpaired) electrons. The minimum atomic E-state index is 0.0481. The Kier molecular flexibility index (Phi) is 7.94. The second-order valence-corrected chi connectivity index (χ2v) is 12.3. The van der Waals surface area contributed by atoms with Crippen LogP contribution >= 0.6 is 15.9 Å². The van der Waals surface area contributed by atoms with Crippen LogP contribution in [0.15, 0.2) is 77.3 Å². The number of aromatic nitrogens is 2. The first-order chi connectivity index (χ1) is 19.5. The lowest BCUT2D eigenvalue weighted by atomic mass is 9.96. The molecule has 4 aromatic rings. The van der Waals surface area contributed by atoms with Crippen LogP contribution in [0.1, 0.15) is 44.0 Å². The predicted octanol–water partition coefficient (Wildman–Crippen LogP) is 6.47. The molecule has 2 aliphatic heterocycles. The number of amides is 1. The van der Waals surface area contributed by atoms with Gasteiger partial charge in [-0.2, -0.15) is 0 Å². The Morgan fingerprint density at radius 3 is 2.52 bits per heavy atom. The molecule has 2 fully saturated rings. The van der Waals surface area contributed by atoms with E-state index in [4.69, 9.17) is 4.98 Å². The molecule has 40 heavy (non-hydrogen) atoms. The molecule has 208 valence electrons. The minimum absolute atomic E-state index is 0.0481. The highest BCUT2D eigenvalue weighted by atomic mass is 79.9. The third-order valence-corrected chi connectivity index (χ3v) is 8.90. The number of fused-ring (bicyclic) bond motifs is 1. The number of para-hydroxylation sites is 3. The maximum Gasteiger partial charge on any atom is 0.227 e. The summed E-state index contributed by atoms with van der Waals surface area (Å²) in [4.78, 5) is 25.7. The molecular formula is C33H38BrN5O. The molecule has 1 amide bonds. The van der Waals surface area contributed by atoms with E-state index in [1.807, 2.05) is 12.1 Å². The van der Waals surface area contributed by atoms with Crippen molar-refractivity contribution < 1.29 is 4.79 Å². The molecule has 6 rings (SSSR count). The lowest BCUT2D eigenvalue weighted by molar-refractivity contribution is -0.137. The first-order valence-electron chi connectivity index (χ1n) is 14.6. The summed E-state index contributed by atoms with van der Waals surface area (Å²) in [6.45, 7) is 10.4. The monoisotopic (exact) mass is 599 g/mol. The molecule has 3 aromatic carbocycles. The number of hydrogen-bond acceptors (Lipinski definition) is 4. The van der Waals surface area contributed by atoms with Gasteiger partial charge in [0, 0.05) is 48.6 Å². The van der Waals surface area contributed by atoms with Crippen molar-refractivity contribution in [1.82, 2.24) is 19.4 Å². The van der Waals surface area contributed by atoms with Crippen LogP contribution in [0.3, 0.4) is 0 Å². The second-order valence-electron chi connectivity index (χ2n) is 11.4. The molecule has 1 atom stereocenters.